The number of hydrogen-bond acceptors (Lipinski definition) is 7. The number of aliphatic hydroxyl groups is 1. The minimum absolute atomic E-state index is 0.00540. The van der Waals surface area contributed by atoms with Crippen LogP contribution >= 0.6 is 0 Å². The van der Waals surface area contributed by atoms with Crippen LogP contribution in [0, 0.1) is 0 Å². The zero-order valence-corrected chi connectivity index (χ0v) is 18.6. The van der Waals surface area contributed by atoms with Crippen molar-refractivity contribution in [3.05, 3.63) is 35.9 Å². The number of aliphatic hydroxyl groups excluding tert-OH is 1. The van der Waals surface area contributed by atoms with Gasteiger partial charge in [-0.3, -0.25) is 0 Å². The van der Waals surface area contributed by atoms with Crippen molar-refractivity contribution < 1.29 is 33.7 Å². The Balaban J connectivity index is 3.36. The normalized spacial score (nSPS) is 13.6. The van der Waals surface area contributed by atoms with Gasteiger partial charge in [0.1, 0.15) is 17.3 Å². The molecule has 0 unspecified atom stereocenters. The molecule has 0 bridgehead atoms. The van der Waals surface area contributed by atoms with Gasteiger partial charge in [-0.05, 0) is 54.0 Å². The number of rotatable bonds is 5. The fourth-order valence-electron chi connectivity index (χ4n) is 2.37. The first-order valence-electron chi connectivity index (χ1n) is 9.66. The van der Waals surface area contributed by atoms with Crippen LogP contribution in [-0.4, -0.2) is 52.1 Å². The quantitative estimate of drug-likeness (QED) is 0.423. The van der Waals surface area contributed by atoms with E-state index in [0.29, 0.717) is 10.6 Å². The van der Waals surface area contributed by atoms with E-state index in [2.05, 4.69) is 5.43 Å². The molecule has 0 aliphatic carbocycles. The first-order chi connectivity index (χ1) is 13.7. The summed E-state index contributed by atoms with van der Waals surface area (Å²) in [5.74, 6) is -0.921. The fourth-order valence-corrected chi connectivity index (χ4v) is 2.37. The fraction of sp³-hybridized carbons (Fsp3) is 0.571. The Hall–Kier alpha value is -2.81. The van der Waals surface area contributed by atoms with Crippen molar-refractivity contribution >= 4 is 18.2 Å². The van der Waals surface area contributed by atoms with Gasteiger partial charge in [0, 0.05) is 0 Å². The average Bonchev–Trinajstić information content (AvgIpc) is 2.59. The van der Waals surface area contributed by atoms with Crippen LogP contribution in [0.15, 0.2) is 30.3 Å². The van der Waals surface area contributed by atoms with Crippen molar-refractivity contribution in [3.8, 4) is 0 Å². The van der Waals surface area contributed by atoms with Gasteiger partial charge < -0.3 is 19.3 Å². The second-order valence-electron chi connectivity index (χ2n) is 8.52. The number of ether oxygens (including phenoxy) is 3. The minimum atomic E-state index is -1.62. The number of hydrogen-bond donors (Lipinski definition) is 2. The Bertz CT molecular complexity index is 723. The number of hydrazine groups is 1. The molecule has 0 saturated heterocycles. The lowest BCUT2D eigenvalue weighted by Crippen LogP contribution is -2.59. The van der Waals surface area contributed by atoms with Crippen molar-refractivity contribution in [2.24, 2.45) is 0 Å². The van der Waals surface area contributed by atoms with E-state index < -0.39 is 41.5 Å². The summed E-state index contributed by atoms with van der Waals surface area (Å²) in [5.41, 5.74) is 0.777. The van der Waals surface area contributed by atoms with Gasteiger partial charge in [-0.1, -0.05) is 30.3 Å². The molecule has 1 aromatic carbocycles. The van der Waals surface area contributed by atoms with Crippen LogP contribution in [0.5, 0.6) is 0 Å². The maximum atomic E-state index is 12.9. The first-order valence-corrected chi connectivity index (χ1v) is 9.66. The van der Waals surface area contributed by atoms with Gasteiger partial charge in [0.25, 0.3) is 0 Å². The molecule has 9 nitrogen and oxygen atoms in total. The summed E-state index contributed by atoms with van der Waals surface area (Å²) in [4.78, 5) is 37.9. The molecular formula is C21H32N2O7. The maximum Gasteiger partial charge on any atom is 0.430 e. The molecule has 0 aliphatic rings. The van der Waals surface area contributed by atoms with Crippen LogP contribution in [-0.2, 0) is 19.0 Å². The maximum absolute atomic E-state index is 12.9. The van der Waals surface area contributed by atoms with Crippen LogP contribution in [0.4, 0.5) is 9.59 Å². The predicted molar refractivity (Wildman–Crippen MR) is 109 cm³/mol. The van der Waals surface area contributed by atoms with Crippen molar-refractivity contribution in [3.63, 3.8) is 0 Å². The predicted octanol–water partition coefficient (Wildman–Crippen LogP) is 3.33. The second-order valence-corrected chi connectivity index (χ2v) is 8.52. The smallest absolute Gasteiger partial charge is 0.430 e. The van der Waals surface area contributed by atoms with Crippen LogP contribution in [0.25, 0.3) is 0 Å². The molecule has 30 heavy (non-hydrogen) atoms. The summed E-state index contributed by atoms with van der Waals surface area (Å²) in [6.45, 7) is 11.4. The number of nitrogens with zero attached hydrogens (tertiary/aromatic N) is 1. The van der Waals surface area contributed by atoms with E-state index in [-0.39, 0.29) is 6.61 Å². The largest absolute Gasteiger partial charge is 0.464 e. The lowest BCUT2D eigenvalue weighted by Gasteiger charge is -2.34. The van der Waals surface area contributed by atoms with E-state index in [0.717, 1.165) is 0 Å². The SMILES string of the molecule is CCOC(=O)[C@@H]([C@H](O)c1ccccc1)N(NC(=O)OC(C)(C)C)C(=O)OC(C)(C)C. The van der Waals surface area contributed by atoms with Crippen LogP contribution < -0.4 is 5.43 Å². The van der Waals surface area contributed by atoms with Gasteiger partial charge in [-0.2, -0.15) is 5.01 Å². The van der Waals surface area contributed by atoms with E-state index in [4.69, 9.17) is 14.2 Å². The van der Waals surface area contributed by atoms with Crippen molar-refractivity contribution in [2.45, 2.75) is 71.8 Å². The summed E-state index contributed by atoms with van der Waals surface area (Å²) in [7, 11) is 0. The Labute approximate surface area is 177 Å². The monoisotopic (exact) mass is 424 g/mol. The molecule has 2 N–H and O–H groups in total. The molecule has 1 aromatic rings. The van der Waals surface area contributed by atoms with E-state index >= 15 is 0 Å². The van der Waals surface area contributed by atoms with Crippen molar-refractivity contribution in [1.82, 2.24) is 10.4 Å². The Morgan fingerprint density at radius 2 is 1.53 bits per heavy atom. The number of esters is 1. The number of amides is 2. The third-order valence-corrected chi connectivity index (χ3v) is 3.45. The summed E-state index contributed by atoms with van der Waals surface area (Å²) in [6, 6.07) is 6.62. The standard InChI is InChI=1S/C21H32N2O7/c1-8-28-17(25)15(16(24)14-12-10-9-11-13-14)23(19(27)30-21(5,6)7)22-18(26)29-20(2,3)4/h9-13,15-16,24H,8H2,1-7H3,(H,22,26)/t15-,16-/m1/s1. The molecule has 1 rings (SSSR count). The van der Waals surface area contributed by atoms with Gasteiger partial charge in [0.2, 0.25) is 0 Å². The molecule has 9 heteroatoms. The van der Waals surface area contributed by atoms with Crippen molar-refractivity contribution in [2.75, 3.05) is 6.61 Å². The first kappa shape index (κ1) is 25.2. The highest BCUT2D eigenvalue weighted by molar-refractivity contribution is 5.84. The second kappa shape index (κ2) is 10.3. The topological polar surface area (TPSA) is 114 Å². The third kappa shape index (κ3) is 8.28. The highest BCUT2D eigenvalue weighted by Gasteiger charge is 2.41. The molecule has 0 fully saturated rings. The number of carbonyl (C=O) groups is 3. The molecule has 0 saturated carbocycles. The molecule has 0 aromatic heterocycles. The molecule has 168 valence electrons. The van der Waals surface area contributed by atoms with E-state index in [1.54, 1.807) is 78.8 Å². The van der Waals surface area contributed by atoms with Gasteiger partial charge in [0.05, 0.1) is 6.61 Å². The number of carbonyl (C=O) groups excluding carboxylic acids is 3. The molecule has 2 atom stereocenters. The van der Waals surface area contributed by atoms with Crippen LogP contribution in [0.2, 0.25) is 0 Å². The Morgan fingerprint density at radius 3 is 2.00 bits per heavy atom. The van der Waals surface area contributed by atoms with Gasteiger partial charge in [-0.25, -0.2) is 19.8 Å². The van der Waals surface area contributed by atoms with Crippen LogP contribution in [0.3, 0.4) is 0 Å². The zero-order chi connectivity index (χ0) is 23.1. The average molecular weight is 424 g/mol. The summed E-state index contributed by atoms with van der Waals surface area (Å²) in [5, 5.41) is 11.5. The van der Waals surface area contributed by atoms with E-state index in [9.17, 15) is 19.5 Å². The summed E-state index contributed by atoms with van der Waals surface area (Å²) < 4.78 is 15.6. The minimum Gasteiger partial charge on any atom is -0.464 e. The third-order valence-electron chi connectivity index (χ3n) is 3.45. The number of benzene rings is 1. The summed E-state index contributed by atoms with van der Waals surface area (Å²) in [6.07, 6.45) is -3.56. The highest BCUT2D eigenvalue weighted by atomic mass is 16.6. The Morgan fingerprint density at radius 1 is 1.00 bits per heavy atom. The van der Waals surface area contributed by atoms with Gasteiger partial charge in [-0.15, -0.1) is 0 Å². The number of nitrogens with one attached hydrogen (secondary N) is 1. The summed E-state index contributed by atoms with van der Waals surface area (Å²) >= 11 is 0. The highest BCUT2D eigenvalue weighted by Crippen LogP contribution is 2.23. The molecule has 0 spiro atoms. The molecule has 2 amide bonds. The lowest BCUT2D eigenvalue weighted by atomic mass is 10.0. The molecule has 0 aliphatic heterocycles. The molecular weight excluding hydrogens is 392 g/mol. The van der Waals surface area contributed by atoms with Crippen LogP contribution in [0.1, 0.15) is 60.1 Å². The van der Waals surface area contributed by atoms with E-state index in [1.165, 1.54) is 0 Å². The molecule has 0 radical (unpaired) electrons. The zero-order valence-electron chi connectivity index (χ0n) is 18.6. The lowest BCUT2D eigenvalue weighted by molar-refractivity contribution is -0.155. The molecule has 0 heterocycles. The van der Waals surface area contributed by atoms with Gasteiger partial charge in [0.15, 0.2) is 6.04 Å². The van der Waals surface area contributed by atoms with Gasteiger partial charge >= 0.3 is 18.2 Å². The van der Waals surface area contributed by atoms with Crippen molar-refractivity contribution in [1.29, 1.82) is 0 Å². The van der Waals surface area contributed by atoms with E-state index in [1.807, 2.05) is 0 Å². The Kier molecular flexibility index (Phi) is 8.65.